The molecule has 0 spiro atoms. The quantitative estimate of drug-likeness (QED) is 0.816. The molecule has 2 fully saturated rings. The van der Waals surface area contributed by atoms with E-state index in [4.69, 9.17) is 0 Å². The van der Waals surface area contributed by atoms with E-state index in [0.29, 0.717) is 19.0 Å². The van der Waals surface area contributed by atoms with Gasteiger partial charge in [0.1, 0.15) is 5.54 Å². The molecule has 5 heteroatoms. The highest BCUT2D eigenvalue weighted by atomic mass is 16.2. The third kappa shape index (κ3) is 2.68. The van der Waals surface area contributed by atoms with Crippen LogP contribution in [0.4, 0.5) is 0 Å². The number of nitrogens with one attached hydrogen (secondary N) is 1. The fourth-order valence-corrected chi connectivity index (χ4v) is 3.34. The second kappa shape index (κ2) is 5.72. The summed E-state index contributed by atoms with van der Waals surface area (Å²) in [5.74, 6) is 0.742. The molecule has 2 heterocycles. The minimum absolute atomic E-state index is 0.0277. The third-order valence-corrected chi connectivity index (χ3v) is 4.86. The van der Waals surface area contributed by atoms with Crippen molar-refractivity contribution in [3.8, 4) is 0 Å². The van der Waals surface area contributed by atoms with Crippen molar-refractivity contribution in [3.05, 3.63) is 0 Å². The maximum absolute atomic E-state index is 12.8. The number of hydrogen-bond donors (Lipinski definition) is 1. The highest BCUT2D eigenvalue weighted by Crippen LogP contribution is 2.26. The van der Waals surface area contributed by atoms with Crippen LogP contribution in [-0.4, -0.2) is 59.9 Å². The van der Waals surface area contributed by atoms with E-state index >= 15 is 0 Å². The van der Waals surface area contributed by atoms with Gasteiger partial charge in [-0.2, -0.15) is 0 Å². The molecule has 2 aliphatic heterocycles. The van der Waals surface area contributed by atoms with Crippen LogP contribution < -0.4 is 5.32 Å². The van der Waals surface area contributed by atoms with Crippen LogP contribution in [-0.2, 0) is 9.59 Å². The van der Waals surface area contributed by atoms with Crippen molar-refractivity contribution >= 4 is 11.8 Å². The Morgan fingerprint density at radius 1 is 1.40 bits per heavy atom. The average Bonchev–Trinajstić information content (AvgIpc) is 2.44. The number of likely N-dealkylation sites (N-methyl/N-ethyl adjacent to an activating group) is 1. The molecule has 114 valence electrons. The maximum Gasteiger partial charge on any atom is 0.247 e. The van der Waals surface area contributed by atoms with E-state index in [1.165, 1.54) is 0 Å². The summed E-state index contributed by atoms with van der Waals surface area (Å²) in [5, 5.41) is 3.33. The number of carbonyl (C=O) groups is 2. The lowest BCUT2D eigenvalue weighted by molar-refractivity contribution is -0.158. The fourth-order valence-electron chi connectivity index (χ4n) is 3.34. The van der Waals surface area contributed by atoms with Gasteiger partial charge in [0.15, 0.2) is 0 Å². The van der Waals surface area contributed by atoms with Crippen LogP contribution in [0.3, 0.4) is 0 Å². The van der Waals surface area contributed by atoms with Gasteiger partial charge in [0.05, 0.1) is 6.04 Å². The van der Waals surface area contributed by atoms with E-state index in [0.717, 1.165) is 25.8 Å². The molecule has 5 nitrogen and oxygen atoms in total. The SMILES string of the molecule is CCC1CCNC(C(=O)N2CCN(C)C(=O)C2(C)C)C1. The second-order valence-corrected chi connectivity index (χ2v) is 6.58. The molecule has 20 heavy (non-hydrogen) atoms. The summed E-state index contributed by atoms with van der Waals surface area (Å²) >= 11 is 0. The summed E-state index contributed by atoms with van der Waals surface area (Å²) in [7, 11) is 1.80. The van der Waals surface area contributed by atoms with Gasteiger partial charge < -0.3 is 15.1 Å². The highest BCUT2D eigenvalue weighted by molar-refractivity contribution is 5.93. The molecular weight excluding hydrogens is 254 g/mol. The van der Waals surface area contributed by atoms with Gasteiger partial charge in [0.25, 0.3) is 0 Å². The summed E-state index contributed by atoms with van der Waals surface area (Å²) in [6.07, 6.45) is 3.16. The first-order valence-electron chi connectivity index (χ1n) is 7.68. The van der Waals surface area contributed by atoms with Crippen molar-refractivity contribution < 1.29 is 9.59 Å². The molecule has 0 saturated carbocycles. The van der Waals surface area contributed by atoms with Crippen molar-refractivity contribution in [3.63, 3.8) is 0 Å². The lowest BCUT2D eigenvalue weighted by Gasteiger charge is -2.46. The number of hydrogen-bond acceptors (Lipinski definition) is 3. The smallest absolute Gasteiger partial charge is 0.247 e. The number of carbonyl (C=O) groups excluding carboxylic acids is 2. The Labute approximate surface area is 121 Å². The molecule has 2 unspecified atom stereocenters. The van der Waals surface area contributed by atoms with Gasteiger partial charge in [-0.15, -0.1) is 0 Å². The van der Waals surface area contributed by atoms with E-state index in [-0.39, 0.29) is 17.9 Å². The molecule has 2 amide bonds. The Bertz CT molecular complexity index is 395. The zero-order valence-corrected chi connectivity index (χ0v) is 13.1. The lowest BCUT2D eigenvalue weighted by atomic mass is 9.88. The number of piperazine rings is 1. The van der Waals surface area contributed by atoms with Crippen LogP contribution in [0.1, 0.15) is 40.0 Å². The van der Waals surface area contributed by atoms with Crippen molar-refractivity contribution in [2.75, 3.05) is 26.7 Å². The van der Waals surface area contributed by atoms with E-state index in [2.05, 4.69) is 12.2 Å². The molecule has 0 radical (unpaired) electrons. The molecule has 1 N–H and O–H groups in total. The monoisotopic (exact) mass is 281 g/mol. The van der Waals surface area contributed by atoms with Crippen molar-refractivity contribution in [2.45, 2.75) is 51.6 Å². The predicted molar refractivity (Wildman–Crippen MR) is 78.2 cm³/mol. The Balaban J connectivity index is 2.10. The average molecular weight is 281 g/mol. The first kappa shape index (κ1) is 15.3. The Hall–Kier alpha value is -1.10. The van der Waals surface area contributed by atoms with Crippen molar-refractivity contribution in [1.82, 2.24) is 15.1 Å². The maximum atomic E-state index is 12.8. The highest BCUT2D eigenvalue weighted by Gasteiger charge is 2.45. The van der Waals surface area contributed by atoms with Crippen LogP contribution in [0.2, 0.25) is 0 Å². The van der Waals surface area contributed by atoms with Gasteiger partial charge in [-0.3, -0.25) is 9.59 Å². The summed E-state index contributed by atoms with van der Waals surface area (Å²) in [4.78, 5) is 28.5. The molecular formula is C15H27N3O2. The van der Waals surface area contributed by atoms with Crippen molar-refractivity contribution in [2.24, 2.45) is 5.92 Å². The van der Waals surface area contributed by atoms with Crippen molar-refractivity contribution in [1.29, 1.82) is 0 Å². The van der Waals surface area contributed by atoms with E-state index in [1.807, 2.05) is 13.8 Å². The van der Waals surface area contributed by atoms with Crippen LogP contribution >= 0.6 is 0 Å². The van der Waals surface area contributed by atoms with Crippen LogP contribution in [0.15, 0.2) is 0 Å². The first-order valence-corrected chi connectivity index (χ1v) is 7.68. The summed E-state index contributed by atoms with van der Waals surface area (Å²) in [6, 6.07) is -0.121. The van der Waals surface area contributed by atoms with Gasteiger partial charge >= 0.3 is 0 Å². The first-order chi connectivity index (χ1) is 9.37. The van der Waals surface area contributed by atoms with Gasteiger partial charge in [-0.25, -0.2) is 0 Å². The van der Waals surface area contributed by atoms with E-state index < -0.39 is 5.54 Å². The molecule has 2 atom stereocenters. The van der Waals surface area contributed by atoms with Gasteiger partial charge in [0, 0.05) is 20.1 Å². The zero-order valence-electron chi connectivity index (χ0n) is 13.1. The van der Waals surface area contributed by atoms with Gasteiger partial charge in [0.2, 0.25) is 11.8 Å². The molecule has 0 aromatic heterocycles. The number of rotatable bonds is 2. The fraction of sp³-hybridized carbons (Fsp3) is 0.867. The van der Waals surface area contributed by atoms with Crippen LogP contribution in [0, 0.1) is 5.92 Å². The Morgan fingerprint density at radius 2 is 2.10 bits per heavy atom. The molecule has 2 saturated heterocycles. The topological polar surface area (TPSA) is 52.7 Å². The largest absolute Gasteiger partial charge is 0.342 e. The minimum Gasteiger partial charge on any atom is -0.342 e. The predicted octanol–water partition coefficient (Wildman–Crippen LogP) is 0.844. The second-order valence-electron chi connectivity index (χ2n) is 6.58. The zero-order chi connectivity index (χ0) is 14.9. The Morgan fingerprint density at radius 3 is 2.75 bits per heavy atom. The molecule has 2 rings (SSSR count). The molecule has 0 aromatic rings. The molecule has 0 aliphatic carbocycles. The third-order valence-electron chi connectivity index (χ3n) is 4.86. The standard InChI is InChI=1S/C15H27N3O2/c1-5-11-6-7-16-12(10-11)13(19)18-9-8-17(4)14(20)15(18,2)3/h11-12,16H,5-10H2,1-4H3. The summed E-state index contributed by atoms with van der Waals surface area (Å²) in [6.45, 7) is 8.03. The number of piperidine rings is 1. The molecule has 0 aromatic carbocycles. The van der Waals surface area contributed by atoms with Crippen LogP contribution in [0.5, 0.6) is 0 Å². The number of nitrogens with zero attached hydrogens (tertiary/aromatic N) is 2. The molecule has 2 aliphatic rings. The Kier molecular flexibility index (Phi) is 4.37. The van der Waals surface area contributed by atoms with Gasteiger partial charge in [-0.05, 0) is 39.2 Å². The lowest BCUT2D eigenvalue weighted by Crippen LogP contribution is -2.66. The summed E-state index contributed by atoms with van der Waals surface area (Å²) in [5.41, 5.74) is -0.731. The van der Waals surface area contributed by atoms with E-state index in [1.54, 1.807) is 16.8 Å². The molecule has 0 bridgehead atoms. The summed E-state index contributed by atoms with van der Waals surface area (Å²) < 4.78 is 0. The van der Waals surface area contributed by atoms with E-state index in [9.17, 15) is 9.59 Å². The van der Waals surface area contributed by atoms with Gasteiger partial charge in [-0.1, -0.05) is 13.3 Å². The normalized spacial score (nSPS) is 30.5. The minimum atomic E-state index is -0.731. The number of amides is 2. The van der Waals surface area contributed by atoms with Crippen LogP contribution in [0.25, 0.3) is 0 Å².